The molecule has 0 aromatic heterocycles. The Balaban J connectivity index is 1.40. The highest BCUT2D eigenvalue weighted by atomic mass is 19.4. The number of halogens is 3. The van der Waals surface area contributed by atoms with Crippen molar-refractivity contribution in [1.29, 1.82) is 0 Å². The van der Waals surface area contributed by atoms with E-state index in [0.717, 1.165) is 12.1 Å². The van der Waals surface area contributed by atoms with Gasteiger partial charge >= 0.3 is 6.18 Å². The molecule has 0 saturated heterocycles. The molecule has 2 aromatic rings. The lowest BCUT2D eigenvalue weighted by molar-refractivity contribution is -0.137. The van der Waals surface area contributed by atoms with Gasteiger partial charge in [0.25, 0.3) is 5.91 Å². The first-order chi connectivity index (χ1) is 13.3. The third-order valence-electron chi connectivity index (χ3n) is 4.06. The minimum Gasteiger partial charge on any atom is -0.454 e. The Labute approximate surface area is 158 Å². The van der Waals surface area contributed by atoms with Crippen LogP contribution < -0.4 is 20.1 Å². The second-order valence-electron chi connectivity index (χ2n) is 6.05. The highest BCUT2D eigenvalue weighted by Gasteiger charge is 2.29. The molecule has 2 amide bonds. The number of benzene rings is 2. The van der Waals surface area contributed by atoms with E-state index in [4.69, 9.17) is 9.47 Å². The molecule has 2 N–H and O–H groups in total. The van der Waals surface area contributed by atoms with Gasteiger partial charge in [0.1, 0.15) is 0 Å². The number of alkyl halides is 3. The largest absolute Gasteiger partial charge is 0.454 e. The van der Waals surface area contributed by atoms with Crippen molar-refractivity contribution >= 4 is 11.8 Å². The van der Waals surface area contributed by atoms with Crippen LogP contribution >= 0.6 is 0 Å². The Morgan fingerprint density at radius 3 is 2.39 bits per heavy atom. The lowest BCUT2D eigenvalue weighted by Gasteiger charge is -2.09. The number of amides is 2. The zero-order valence-electron chi connectivity index (χ0n) is 14.6. The normalized spacial score (nSPS) is 12.5. The van der Waals surface area contributed by atoms with Crippen molar-refractivity contribution in [2.75, 3.05) is 19.9 Å². The predicted octanol–water partition coefficient (Wildman–Crippen LogP) is 2.52. The number of nitrogens with one attached hydrogen (secondary N) is 2. The minimum absolute atomic E-state index is 0.0990. The smallest absolute Gasteiger partial charge is 0.416 e. The summed E-state index contributed by atoms with van der Waals surface area (Å²) in [6, 6.07) is 9.45. The fourth-order valence-electron chi connectivity index (χ4n) is 2.57. The van der Waals surface area contributed by atoms with Gasteiger partial charge in [-0.1, -0.05) is 12.1 Å². The monoisotopic (exact) mass is 394 g/mol. The molecule has 0 radical (unpaired) electrons. The molecule has 3 rings (SSSR count). The molecule has 0 bridgehead atoms. The Hall–Kier alpha value is -3.23. The third kappa shape index (κ3) is 4.93. The van der Waals surface area contributed by atoms with Gasteiger partial charge in [-0.25, -0.2) is 0 Å². The molecule has 1 aliphatic rings. The third-order valence-corrected chi connectivity index (χ3v) is 4.06. The fourth-order valence-corrected chi connectivity index (χ4v) is 2.57. The zero-order chi connectivity index (χ0) is 20.1. The molecule has 0 spiro atoms. The van der Waals surface area contributed by atoms with E-state index in [2.05, 4.69) is 10.6 Å². The molecule has 0 saturated carbocycles. The van der Waals surface area contributed by atoms with Crippen molar-refractivity contribution in [2.45, 2.75) is 12.6 Å². The van der Waals surface area contributed by atoms with Gasteiger partial charge in [0.2, 0.25) is 12.7 Å². The van der Waals surface area contributed by atoms with E-state index in [1.54, 1.807) is 12.1 Å². The van der Waals surface area contributed by atoms with Crippen LogP contribution in [0.3, 0.4) is 0 Å². The van der Waals surface area contributed by atoms with E-state index in [1.165, 1.54) is 18.2 Å². The Morgan fingerprint density at radius 2 is 1.68 bits per heavy atom. The van der Waals surface area contributed by atoms with E-state index in [1.807, 2.05) is 0 Å². The van der Waals surface area contributed by atoms with Gasteiger partial charge in [0.15, 0.2) is 11.5 Å². The summed E-state index contributed by atoms with van der Waals surface area (Å²) >= 11 is 0. The predicted molar refractivity (Wildman–Crippen MR) is 93.1 cm³/mol. The highest BCUT2D eigenvalue weighted by molar-refractivity contribution is 5.97. The molecule has 9 heteroatoms. The molecule has 6 nitrogen and oxygen atoms in total. The van der Waals surface area contributed by atoms with Crippen molar-refractivity contribution in [3.63, 3.8) is 0 Å². The Morgan fingerprint density at radius 1 is 0.964 bits per heavy atom. The maximum absolute atomic E-state index is 12.5. The number of carbonyl (C=O) groups excluding carboxylic acids is 2. The molecular weight excluding hydrogens is 377 g/mol. The van der Waals surface area contributed by atoms with Crippen LogP contribution in [0, 0.1) is 0 Å². The number of hydrogen-bond acceptors (Lipinski definition) is 4. The summed E-state index contributed by atoms with van der Waals surface area (Å²) in [7, 11) is 0. The Bertz CT molecular complexity index is 866. The van der Waals surface area contributed by atoms with Crippen LogP contribution in [0.1, 0.15) is 21.5 Å². The second kappa shape index (κ2) is 8.20. The van der Waals surface area contributed by atoms with Crippen molar-refractivity contribution in [1.82, 2.24) is 10.6 Å². The topological polar surface area (TPSA) is 76.7 Å². The van der Waals surface area contributed by atoms with Gasteiger partial charge in [-0.15, -0.1) is 0 Å². The van der Waals surface area contributed by atoms with Crippen molar-refractivity contribution < 1.29 is 32.2 Å². The molecular formula is C19H17F3N2O4. The summed E-state index contributed by atoms with van der Waals surface area (Å²) in [5.41, 5.74) is 0.283. The van der Waals surface area contributed by atoms with Gasteiger partial charge in [-0.2, -0.15) is 13.2 Å². The van der Waals surface area contributed by atoms with Crippen molar-refractivity contribution in [3.05, 3.63) is 59.2 Å². The van der Waals surface area contributed by atoms with Crippen LogP contribution in [0.5, 0.6) is 11.5 Å². The zero-order valence-corrected chi connectivity index (χ0v) is 14.6. The van der Waals surface area contributed by atoms with E-state index in [0.29, 0.717) is 29.0 Å². The summed E-state index contributed by atoms with van der Waals surface area (Å²) in [6.07, 6.45) is -4.00. The number of hydrogen-bond donors (Lipinski definition) is 2. The summed E-state index contributed by atoms with van der Waals surface area (Å²) in [5.74, 6) is 0.184. The maximum Gasteiger partial charge on any atom is 0.416 e. The molecule has 0 unspecified atom stereocenters. The fraction of sp³-hybridized carbons (Fsp3) is 0.263. The maximum atomic E-state index is 12.5. The van der Waals surface area contributed by atoms with Gasteiger partial charge in [0.05, 0.1) is 12.1 Å². The first-order valence-electron chi connectivity index (χ1n) is 8.43. The van der Waals surface area contributed by atoms with Crippen molar-refractivity contribution in [3.8, 4) is 11.5 Å². The molecule has 0 fully saturated rings. The van der Waals surface area contributed by atoms with Gasteiger partial charge in [-0.05, 0) is 42.3 Å². The van der Waals surface area contributed by atoms with Crippen LogP contribution in [0.15, 0.2) is 42.5 Å². The molecule has 0 atom stereocenters. The van der Waals surface area contributed by atoms with Crippen LogP contribution in [-0.2, 0) is 17.4 Å². The highest BCUT2D eigenvalue weighted by Crippen LogP contribution is 2.32. The van der Waals surface area contributed by atoms with Gasteiger partial charge in [0, 0.05) is 12.1 Å². The SMILES string of the molecule is O=C(CNC(=O)c1ccc2c(c1)OCO2)NCCc1ccc(C(F)(F)F)cc1. The molecule has 1 heterocycles. The quantitative estimate of drug-likeness (QED) is 0.790. The van der Waals surface area contributed by atoms with E-state index >= 15 is 0 Å². The van der Waals surface area contributed by atoms with Crippen LogP contribution in [0.4, 0.5) is 13.2 Å². The number of fused-ring (bicyclic) bond motifs is 1. The molecule has 148 valence electrons. The summed E-state index contributed by atoms with van der Waals surface area (Å²) in [4.78, 5) is 23.9. The average molecular weight is 394 g/mol. The molecule has 2 aromatic carbocycles. The van der Waals surface area contributed by atoms with Gasteiger partial charge in [-0.3, -0.25) is 9.59 Å². The van der Waals surface area contributed by atoms with Gasteiger partial charge < -0.3 is 20.1 Å². The average Bonchev–Trinajstić information content (AvgIpc) is 3.13. The number of ether oxygens (including phenoxy) is 2. The van der Waals surface area contributed by atoms with E-state index < -0.39 is 23.6 Å². The number of rotatable bonds is 6. The molecule has 0 aliphatic carbocycles. The van der Waals surface area contributed by atoms with Crippen LogP contribution in [0.25, 0.3) is 0 Å². The van der Waals surface area contributed by atoms with Crippen molar-refractivity contribution in [2.24, 2.45) is 0 Å². The first kappa shape index (κ1) is 19.5. The summed E-state index contributed by atoms with van der Waals surface area (Å²) in [5, 5.41) is 5.09. The molecule has 1 aliphatic heterocycles. The van der Waals surface area contributed by atoms with E-state index in [-0.39, 0.29) is 19.9 Å². The van der Waals surface area contributed by atoms with E-state index in [9.17, 15) is 22.8 Å². The number of carbonyl (C=O) groups is 2. The second-order valence-corrected chi connectivity index (χ2v) is 6.05. The first-order valence-corrected chi connectivity index (χ1v) is 8.43. The Kier molecular flexibility index (Phi) is 5.72. The standard InChI is InChI=1S/C19H17F3N2O4/c20-19(21,22)14-4-1-12(2-5-14)7-8-23-17(25)10-24-18(26)13-3-6-15-16(9-13)28-11-27-15/h1-6,9H,7-8,10-11H2,(H,23,25)(H,24,26). The van der Waals surface area contributed by atoms with Crippen LogP contribution in [-0.4, -0.2) is 31.7 Å². The van der Waals surface area contributed by atoms with Crippen LogP contribution in [0.2, 0.25) is 0 Å². The summed E-state index contributed by atoms with van der Waals surface area (Å²) < 4.78 is 47.9. The minimum atomic E-state index is -4.37. The lowest BCUT2D eigenvalue weighted by atomic mass is 10.1. The summed E-state index contributed by atoms with van der Waals surface area (Å²) in [6.45, 7) is 0.117. The lowest BCUT2D eigenvalue weighted by Crippen LogP contribution is -2.37. The molecule has 28 heavy (non-hydrogen) atoms.